The first-order chi connectivity index (χ1) is 5.34. The predicted octanol–water partition coefficient (Wildman–Crippen LogP) is 0.842. The fourth-order valence-electron chi connectivity index (χ4n) is 0.911. The minimum absolute atomic E-state index is 0.0149. The number of ether oxygens (including phenoxy) is 1. The summed E-state index contributed by atoms with van der Waals surface area (Å²) in [5.74, 6) is 0.0149. The average molecular weight is 267 g/mol. The van der Waals surface area contributed by atoms with E-state index in [2.05, 4.69) is 27.9 Å². The molecule has 11 heavy (non-hydrogen) atoms. The van der Waals surface area contributed by atoms with Crippen molar-refractivity contribution in [3.8, 4) is 0 Å². The van der Waals surface area contributed by atoms with Crippen LogP contribution in [0.25, 0.3) is 0 Å². The van der Waals surface area contributed by atoms with E-state index < -0.39 is 0 Å². The third kappa shape index (κ3) is 2.78. The van der Waals surface area contributed by atoms with Crippen LogP contribution in [0.4, 0.5) is 0 Å². The number of rotatable bonds is 3. The molecule has 0 aliphatic carbocycles. The van der Waals surface area contributed by atoms with Crippen LogP contribution in [0.5, 0.6) is 0 Å². The Morgan fingerprint density at radius 1 is 1.73 bits per heavy atom. The van der Waals surface area contributed by atoms with E-state index in [-0.39, 0.29) is 5.91 Å². The summed E-state index contributed by atoms with van der Waals surface area (Å²) in [7, 11) is 0. The van der Waals surface area contributed by atoms with Gasteiger partial charge in [0.05, 0.1) is 11.2 Å². The number of carbonyl (C=O) groups is 1. The summed E-state index contributed by atoms with van der Waals surface area (Å²) in [6, 6.07) is 0. The number of amides is 1. The standard InChI is InChI=1S/C7H10INO2/c8-5-11-4-6-2-1-3-9-7(6)10/h2H,1,3-5H2,(H,9,10). The van der Waals surface area contributed by atoms with E-state index >= 15 is 0 Å². The van der Waals surface area contributed by atoms with Crippen LogP contribution in [0.3, 0.4) is 0 Å². The van der Waals surface area contributed by atoms with Crippen LogP contribution < -0.4 is 5.32 Å². The third-order valence-electron chi connectivity index (χ3n) is 1.45. The Balaban J connectivity index is 2.41. The predicted molar refractivity (Wildman–Crippen MR) is 50.5 cm³/mol. The Morgan fingerprint density at radius 3 is 3.18 bits per heavy atom. The molecule has 1 aliphatic rings. The topological polar surface area (TPSA) is 38.3 Å². The molecule has 1 heterocycles. The summed E-state index contributed by atoms with van der Waals surface area (Å²) in [6.45, 7) is 1.20. The van der Waals surface area contributed by atoms with Gasteiger partial charge in [0.1, 0.15) is 0 Å². The molecule has 0 bridgehead atoms. The van der Waals surface area contributed by atoms with Crippen molar-refractivity contribution in [2.75, 3.05) is 17.8 Å². The van der Waals surface area contributed by atoms with Gasteiger partial charge in [-0.3, -0.25) is 4.79 Å². The van der Waals surface area contributed by atoms with Crippen molar-refractivity contribution in [1.82, 2.24) is 5.32 Å². The molecule has 0 unspecified atom stereocenters. The first-order valence-electron chi connectivity index (χ1n) is 3.45. The minimum Gasteiger partial charge on any atom is -0.366 e. The summed E-state index contributed by atoms with van der Waals surface area (Å²) in [5, 5.41) is 2.75. The Hall–Kier alpha value is -0.100. The lowest BCUT2D eigenvalue weighted by Crippen LogP contribution is -2.31. The Morgan fingerprint density at radius 2 is 2.55 bits per heavy atom. The lowest BCUT2D eigenvalue weighted by Gasteiger charge is -2.12. The molecule has 0 saturated heterocycles. The van der Waals surface area contributed by atoms with E-state index in [1.54, 1.807) is 0 Å². The molecule has 0 aromatic heterocycles. The van der Waals surface area contributed by atoms with Gasteiger partial charge in [0.25, 0.3) is 0 Å². The largest absolute Gasteiger partial charge is 0.366 e. The van der Waals surface area contributed by atoms with E-state index in [9.17, 15) is 4.79 Å². The molecule has 62 valence electrons. The first kappa shape index (κ1) is 8.99. The highest BCUT2D eigenvalue weighted by Crippen LogP contribution is 2.03. The van der Waals surface area contributed by atoms with Crippen LogP contribution in [0, 0.1) is 0 Å². The van der Waals surface area contributed by atoms with Gasteiger partial charge in [0.2, 0.25) is 5.91 Å². The minimum atomic E-state index is 0.0149. The lowest BCUT2D eigenvalue weighted by molar-refractivity contribution is -0.118. The van der Waals surface area contributed by atoms with E-state index in [0.29, 0.717) is 11.2 Å². The number of halogens is 1. The zero-order valence-electron chi connectivity index (χ0n) is 6.10. The van der Waals surface area contributed by atoms with Crippen LogP contribution in [0.2, 0.25) is 0 Å². The van der Waals surface area contributed by atoms with Crippen LogP contribution in [-0.4, -0.2) is 23.7 Å². The molecule has 0 aromatic rings. The maximum Gasteiger partial charge on any atom is 0.249 e. The molecule has 0 atom stereocenters. The van der Waals surface area contributed by atoms with Gasteiger partial charge >= 0.3 is 0 Å². The Bertz CT molecular complexity index is 179. The smallest absolute Gasteiger partial charge is 0.249 e. The number of hydrogen-bond acceptors (Lipinski definition) is 2. The van der Waals surface area contributed by atoms with Crippen LogP contribution in [-0.2, 0) is 9.53 Å². The number of nitrogens with one attached hydrogen (secondary N) is 1. The van der Waals surface area contributed by atoms with Crippen molar-refractivity contribution in [2.24, 2.45) is 0 Å². The summed E-state index contributed by atoms with van der Waals surface area (Å²) in [4.78, 5) is 11.0. The summed E-state index contributed by atoms with van der Waals surface area (Å²) in [5.41, 5.74) is 0.757. The molecule has 4 heteroatoms. The summed E-state index contributed by atoms with van der Waals surface area (Å²) < 4.78 is 5.73. The molecule has 0 saturated carbocycles. The van der Waals surface area contributed by atoms with Gasteiger partial charge < -0.3 is 10.1 Å². The van der Waals surface area contributed by atoms with Gasteiger partial charge in [-0.25, -0.2) is 0 Å². The fraction of sp³-hybridized carbons (Fsp3) is 0.571. The average Bonchev–Trinajstić information content (AvgIpc) is 2.03. The fourth-order valence-corrected chi connectivity index (χ4v) is 1.13. The van der Waals surface area contributed by atoms with Crippen molar-refractivity contribution in [2.45, 2.75) is 6.42 Å². The van der Waals surface area contributed by atoms with Gasteiger partial charge in [-0.1, -0.05) is 28.7 Å². The van der Waals surface area contributed by atoms with Crippen molar-refractivity contribution >= 4 is 28.5 Å². The SMILES string of the molecule is O=C1NCCC=C1COCI. The maximum absolute atomic E-state index is 11.0. The van der Waals surface area contributed by atoms with Crippen molar-refractivity contribution < 1.29 is 9.53 Å². The second kappa shape index (κ2) is 4.71. The van der Waals surface area contributed by atoms with Crippen molar-refractivity contribution in [3.63, 3.8) is 0 Å². The first-order valence-corrected chi connectivity index (χ1v) is 4.98. The van der Waals surface area contributed by atoms with Gasteiger partial charge in [-0.05, 0) is 6.42 Å². The number of hydrogen-bond donors (Lipinski definition) is 1. The van der Waals surface area contributed by atoms with Gasteiger partial charge in [-0.2, -0.15) is 0 Å². The molecule has 0 aromatic carbocycles. The normalized spacial score (nSPS) is 17.5. The molecule has 3 nitrogen and oxygen atoms in total. The number of alkyl halides is 1. The van der Waals surface area contributed by atoms with Gasteiger partial charge in [0.15, 0.2) is 0 Å². The maximum atomic E-state index is 11.0. The van der Waals surface area contributed by atoms with E-state index in [0.717, 1.165) is 18.5 Å². The van der Waals surface area contributed by atoms with E-state index in [1.807, 2.05) is 6.08 Å². The molecular formula is C7H10INO2. The summed E-state index contributed by atoms with van der Waals surface area (Å²) >= 11 is 2.11. The van der Waals surface area contributed by atoms with Gasteiger partial charge in [0, 0.05) is 12.1 Å². The molecular weight excluding hydrogens is 257 g/mol. The molecule has 1 rings (SSSR count). The number of carbonyl (C=O) groups excluding carboxylic acids is 1. The third-order valence-corrected chi connectivity index (χ3v) is 1.89. The van der Waals surface area contributed by atoms with Crippen LogP contribution in [0.1, 0.15) is 6.42 Å². The zero-order chi connectivity index (χ0) is 8.10. The van der Waals surface area contributed by atoms with Crippen LogP contribution >= 0.6 is 22.6 Å². The van der Waals surface area contributed by atoms with Crippen LogP contribution in [0.15, 0.2) is 11.6 Å². The highest BCUT2D eigenvalue weighted by atomic mass is 127. The molecule has 1 aliphatic heterocycles. The highest BCUT2D eigenvalue weighted by Gasteiger charge is 2.11. The molecule has 0 spiro atoms. The Labute approximate surface area is 79.3 Å². The zero-order valence-corrected chi connectivity index (χ0v) is 8.26. The van der Waals surface area contributed by atoms with E-state index in [4.69, 9.17) is 4.74 Å². The molecule has 1 N–H and O–H groups in total. The lowest BCUT2D eigenvalue weighted by atomic mass is 10.1. The van der Waals surface area contributed by atoms with Gasteiger partial charge in [-0.15, -0.1) is 0 Å². The Kier molecular flexibility index (Phi) is 3.85. The van der Waals surface area contributed by atoms with Crippen molar-refractivity contribution in [3.05, 3.63) is 11.6 Å². The van der Waals surface area contributed by atoms with E-state index in [1.165, 1.54) is 0 Å². The quantitative estimate of drug-likeness (QED) is 0.608. The monoisotopic (exact) mass is 267 g/mol. The summed E-state index contributed by atoms with van der Waals surface area (Å²) in [6.07, 6.45) is 2.86. The highest BCUT2D eigenvalue weighted by molar-refractivity contribution is 14.1. The molecule has 1 amide bonds. The van der Waals surface area contributed by atoms with Crippen molar-refractivity contribution in [1.29, 1.82) is 0 Å². The second-order valence-electron chi connectivity index (χ2n) is 2.23. The second-order valence-corrected chi connectivity index (χ2v) is 2.85. The molecule has 0 radical (unpaired) electrons. The molecule has 0 fully saturated rings.